The van der Waals surface area contributed by atoms with Crippen molar-refractivity contribution in [3.63, 3.8) is 0 Å². The van der Waals surface area contributed by atoms with Crippen molar-refractivity contribution >= 4 is 17.6 Å². The van der Waals surface area contributed by atoms with Gasteiger partial charge in [0, 0.05) is 11.9 Å². The number of esters is 1. The van der Waals surface area contributed by atoms with Gasteiger partial charge in [0.2, 0.25) is 0 Å². The molecule has 1 atom stereocenters. The maximum atomic E-state index is 14.4. The van der Waals surface area contributed by atoms with Crippen LogP contribution in [0.1, 0.15) is 32.2 Å². The molecule has 0 N–H and O–H groups in total. The Labute approximate surface area is 158 Å². The van der Waals surface area contributed by atoms with Crippen LogP contribution in [0.3, 0.4) is 0 Å². The van der Waals surface area contributed by atoms with Gasteiger partial charge in [0.05, 0.1) is 12.5 Å². The first-order valence-electron chi connectivity index (χ1n) is 8.19. The molecular formula is C17H19ClF3N3O3. The van der Waals surface area contributed by atoms with Crippen molar-refractivity contribution in [3.8, 4) is 5.69 Å². The van der Waals surface area contributed by atoms with Crippen LogP contribution in [0.2, 0.25) is 5.02 Å². The number of aryl methyl sites for hydroxylation is 1. The Hall–Kier alpha value is -2.29. The zero-order chi connectivity index (χ0) is 20.5. The summed E-state index contributed by atoms with van der Waals surface area (Å²) in [5.74, 6) is -2.21. The Morgan fingerprint density at radius 1 is 1.41 bits per heavy atom. The second-order valence-electron chi connectivity index (χ2n) is 6.17. The molecule has 0 bridgehead atoms. The molecule has 6 nitrogen and oxygen atoms in total. The molecule has 1 aromatic heterocycles. The molecule has 0 spiro atoms. The largest absolute Gasteiger partial charge is 0.466 e. The standard InChI is InChI=1S/C17H19ClF3N3O3/c1-5-27-15(25)9(2)6-11-7-14(13(19)8-12(11)18)24-16(26)23(10(3)22-24)17(4,20)21/h7-9H,5-6H2,1-4H3. The fourth-order valence-corrected chi connectivity index (χ4v) is 2.90. The van der Waals surface area contributed by atoms with Gasteiger partial charge in [0.15, 0.2) is 5.82 Å². The number of rotatable bonds is 6. The highest BCUT2D eigenvalue weighted by molar-refractivity contribution is 6.31. The molecular weight excluding hydrogens is 387 g/mol. The summed E-state index contributed by atoms with van der Waals surface area (Å²) in [7, 11) is 0. The van der Waals surface area contributed by atoms with Crippen LogP contribution in [0.5, 0.6) is 0 Å². The van der Waals surface area contributed by atoms with E-state index in [9.17, 15) is 22.8 Å². The van der Waals surface area contributed by atoms with Gasteiger partial charge in [-0.15, -0.1) is 5.10 Å². The number of benzene rings is 1. The van der Waals surface area contributed by atoms with Crippen LogP contribution < -0.4 is 5.69 Å². The number of halogens is 4. The van der Waals surface area contributed by atoms with Crippen molar-refractivity contribution in [1.82, 2.24) is 14.3 Å². The van der Waals surface area contributed by atoms with E-state index < -0.39 is 29.4 Å². The monoisotopic (exact) mass is 405 g/mol. The van der Waals surface area contributed by atoms with E-state index in [-0.39, 0.29) is 34.1 Å². The third-order valence-electron chi connectivity index (χ3n) is 3.89. The minimum absolute atomic E-state index is 0.0393. The summed E-state index contributed by atoms with van der Waals surface area (Å²) < 4.78 is 47.3. The lowest BCUT2D eigenvalue weighted by Gasteiger charge is -2.13. The van der Waals surface area contributed by atoms with Crippen LogP contribution in [0, 0.1) is 18.7 Å². The predicted octanol–water partition coefficient (Wildman–Crippen LogP) is 3.45. The van der Waals surface area contributed by atoms with Gasteiger partial charge < -0.3 is 4.74 Å². The highest BCUT2D eigenvalue weighted by Crippen LogP contribution is 2.26. The van der Waals surface area contributed by atoms with Gasteiger partial charge in [-0.05, 0) is 38.0 Å². The number of carbonyl (C=O) groups is 1. The lowest BCUT2D eigenvalue weighted by atomic mass is 10.0. The normalized spacial score (nSPS) is 12.9. The Kier molecular flexibility index (Phi) is 6.04. The van der Waals surface area contributed by atoms with Crippen LogP contribution in [0.15, 0.2) is 16.9 Å². The fraction of sp³-hybridized carbons (Fsp3) is 0.471. The van der Waals surface area contributed by atoms with Gasteiger partial charge in [0.25, 0.3) is 0 Å². The second-order valence-corrected chi connectivity index (χ2v) is 6.58. The molecule has 1 heterocycles. The van der Waals surface area contributed by atoms with Gasteiger partial charge >= 0.3 is 17.7 Å². The lowest BCUT2D eigenvalue weighted by molar-refractivity contribution is -0.147. The van der Waals surface area contributed by atoms with Crippen molar-refractivity contribution in [3.05, 3.63) is 44.8 Å². The Morgan fingerprint density at radius 2 is 2.04 bits per heavy atom. The van der Waals surface area contributed by atoms with Crippen LogP contribution in [0.4, 0.5) is 13.2 Å². The van der Waals surface area contributed by atoms with Crippen molar-refractivity contribution in [2.24, 2.45) is 5.92 Å². The van der Waals surface area contributed by atoms with E-state index in [1.807, 2.05) is 0 Å². The first kappa shape index (κ1) is 21.0. The molecule has 1 aromatic carbocycles. The van der Waals surface area contributed by atoms with Crippen molar-refractivity contribution in [2.75, 3.05) is 6.61 Å². The maximum Gasteiger partial charge on any atom is 0.355 e. The van der Waals surface area contributed by atoms with E-state index in [2.05, 4.69) is 5.10 Å². The molecule has 0 saturated carbocycles. The summed E-state index contributed by atoms with van der Waals surface area (Å²) in [5.41, 5.74) is -1.16. The van der Waals surface area contributed by atoms with Crippen LogP contribution in [-0.4, -0.2) is 26.9 Å². The average molecular weight is 406 g/mol. The fourth-order valence-electron chi connectivity index (χ4n) is 2.67. The minimum Gasteiger partial charge on any atom is -0.466 e. The molecule has 0 aliphatic heterocycles. The zero-order valence-electron chi connectivity index (χ0n) is 15.2. The van der Waals surface area contributed by atoms with Crippen molar-refractivity contribution in [1.29, 1.82) is 0 Å². The molecule has 0 aliphatic carbocycles. The first-order chi connectivity index (χ1) is 12.5. The predicted molar refractivity (Wildman–Crippen MR) is 92.9 cm³/mol. The van der Waals surface area contributed by atoms with Crippen molar-refractivity contribution in [2.45, 2.75) is 40.2 Å². The summed E-state index contributed by atoms with van der Waals surface area (Å²) in [4.78, 5) is 24.1. The third kappa shape index (κ3) is 4.35. The summed E-state index contributed by atoms with van der Waals surface area (Å²) in [6, 6.07) is -1.32. The number of hydrogen-bond acceptors (Lipinski definition) is 4. The quantitative estimate of drug-likeness (QED) is 0.690. The molecule has 10 heteroatoms. The first-order valence-corrected chi connectivity index (χ1v) is 8.57. The third-order valence-corrected chi connectivity index (χ3v) is 4.24. The molecule has 0 aliphatic rings. The Balaban J connectivity index is 2.51. The Bertz CT molecular complexity index is 919. The molecule has 0 amide bonds. The van der Waals surface area contributed by atoms with Crippen LogP contribution in [0.25, 0.3) is 5.69 Å². The van der Waals surface area contributed by atoms with Gasteiger partial charge in [-0.1, -0.05) is 18.5 Å². The second kappa shape index (κ2) is 7.75. The summed E-state index contributed by atoms with van der Waals surface area (Å²) in [6.45, 7) is 5.25. The van der Waals surface area contributed by atoms with Gasteiger partial charge in [-0.2, -0.15) is 13.5 Å². The molecule has 2 rings (SSSR count). The molecule has 1 unspecified atom stereocenters. The summed E-state index contributed by atoms with van der Waals surface area (Å²) in [6.07, 6.45) is 0.114. The highest BCUT2D eigenvalue weighted by atomic mass is 35.5. The molecule has 148 valence electrons. The van der Waals surface area contributed by atoms with Gasteiger partial charge in [0.1, 0.15) is 11.5 Å². The lowest BCUT2D eigenvalue weighted by Crippen LogP contribution is -2.33. The Morgan fingerprint density at radius 3 is 2.56 bits per heavy atom. The molecule has 0 fully saturated rings. The molecule has 0 radical (unpaired) electrons. The van der Waals surface area contributed by atoms with Crippen LogP contribution in [-0.2, 0) is 22.0 Å². The maximum absolute atomic E-state index is 14.4. The highest BCUT2D eigenvalue weighted by Gasteiger charge is 2.31. The van der Waals surface area contributed by atoms with E-state index >= 15 is 0 Å². The van der Waals surface area contributed by atoms with E-state index in [0.29, 0.717) is 17.2 Å². The number of alkyl halides is 2. The summed E-state index contributed by atoms with van der Waals surface area (Å²) >= 11 is 6.04. The smallest absolute Gasteiger partial charge is 0.355 e. The number of ether oxygens (including phenoxy) is 1. The van der Waals surface area contributed by atoms with E-state index in [0.717, 1.165) is 6.07 Å². The molecule has 0 saturated heterocycles. The average Bonchev–Trinajstić information content (AvgIpc) is 2.84. The number of nitrogens with zero attached hydrogens (tertiary/aromatic N) is 3. The SMILES string of the molecule is CCOC(=O)C(C)Cc1cc(-n2nc(C)n(C(C)(F)F)c2=O)c(F)cc1Cl. The summed E-state index contributed by atoms with van der Waals surface area (Å²) in [5, 5.41) is 3.77. The molecule has 27 heavy (non-hydrogen) atoms. The van der Waals surface area contributed by atoms with Gasteiger partial charge in [-0.25, -0.2) is 13.8 Å². The number of carbonyl (C=O) groups excluding carboxylic acids is 1. The van der Waals surface area contributed by atoms with Gasteiger partial charge in [-0.3, -0.25) is 4.79 Å². The number of aromatic nitrogens is 3. The van der Waals surface area contributed by atoms with E-state index in [4.69, 9.17) is 16.3 Å². The molecule has 2 aromatic rings. The van der Waals surface area contributed by atoms with Crippen molar-refractivity contribution < 1.29 is 22.7 Å². The number of hydrogen-bond donors (Lipinski definition) is 0. The zero-order valence-corrected chi connectivity index (χ0v) is 16.0. The van der Waals surface area contributed by atoms with E-state index in [1.54, 1.807) is 13.8 Å². The van der Waals surface area contributed by atoms with Crippen LogP contribution >= 0.6 is 11.6 Å². The minimum atomic E-state index is -3.50. The topological polar surface area (TPSA) is 66.1 Å². The van der Waals surface area contributed by atoms with E-state index in [1.165, 1.54) is 13.0 Å².